The van der Waals surface area contributed by atoms with E-state index < -0.39 is 11.9 Å². The van der Waals surface area contributed by atoms with E-state index in [-0.39, 0.29) is 11.7 Å². The van der Waals surface area contributed by atoms with Crippen molar-refractivity contribution in [2.24, 2.45) is 5.73 Å². The van der Waals surface area contributed by atoms with Crippen LogP contribution in [0.4, 0.5) is 0 Å². The Kier molecular flexibility index (Phi) is 7.09. The molecule has 0 bridgehead atoms. The first-order chi connectivity index (χ1) is 14.6. The van der Waals surface area contributed by atoms with Gasteiger partial charge in [-0.1, -0.05) is 37.1 Å². The molecule has 1 aliphatic heterocycles. The molecule has 2 N–H and O–H groups in total. The van der Waals surface area contributed by atoms with Gasteiger partial charge >= 0.3 is 0 Å². The van der Waals surface area contributed by atoms with Gasteiger partial charge in [-0.2, -0.15) is 0 Å². The van der Waals surface area contributed by atoms with Crippen LogP contribution in [-0.4, -0.2) is 49.8 Å². The van der Waals surface area contributed by atoms with Crippen molar-refractivity contribution >= 4 is 34.9 Å². The van der Waals surface area contributed by atoms with Crippen LogP contribution in [0.1, 0.15) is 68.1 Å². The number of nitrogens with zero attached hydrogens (tertiary/aromatic N) is 4. The molecule has 0 spiro atoms. The first-order valence-electron chi connectivity index (χ1n) is 10.8. The Morgan fingerprint density at radius 1 is 1.13 bits per heavy atom. The second-order valence-corrected chi connectivity index (χ2v) is 10.1. The number of aromatic nitrogens is 3. The molecule has 2 fully saturated rings. The summed E-state index contributed by atoms with van der Waals surface area (Å²) >= 11 is 3.17. The van der Waals surface area contributed by atoms with E-state index in [4.69, 9.17) is 5.73 Å². The second kappa shape index (κ2) is 9.96. The highest BCUT2D eigenvalue weighted by Gasteiger charge is 2.31. The molecule has 2 amide bonds. The van der Waals surface area contributed by atoms with Gasteiger partial charge in [0.1, 0.15) is 11.9 Å². The molecule has 4 rings (SSSR count). The molecule has 30 heavy (non-hydrogen) atoms. The molecule has 1 saturated carbocycles. The van der Waals surface area contributed by atoms with E-state index >= 15 is 0 Å². The average Bonchev–Trinajstić information content (AvgIpc) is 3.43. The molecule has 2 aromatic heterocycles. The molecule has 1 saturated heterocycles. The predicted molar refractivity (Wildman–Crippen MR) is 119 cm³/mol. The fourth-order valence-electron chi connectivity index (χ4n) is 4.54. The van der Waals surface area contributed by atoms with E-state index in [2.05, 4.69) is 32.3 Å². The predicted octanol–water partition coefficient (Wildman–Crippen LogP) is 3.39. The van der Waals surface area contributed by atoms with Crippen LogP contribution in [0.3, 0.4) is 0 Å². The third kappa shape index (κ3) is 4.88. The lowest BCUT2D eigenvalue weighted by Gasteiger charge is -2.33. The number of rotatable bonds is 7. The number of carbonyl (C=O) groups excluding carboxylic acids is 2. The molecule has 1 atom stereocenters. The first kappa shape index (κ1) is 21.4. The monoisotopic (exact) mass is 447 g/mol. The van der Waals surface area contributed by atoms with Crippen LogP contribution in [-0.2, 0) is 16.0 Å². The van der Waals surface area contributed by atoms with Crippen molar-refractivity contribution in [3.63, 3.8) is 0 Å². The summed E-state index contributed by atoms with van der Waals surface area (Å²) < 4.78 is 2.28. The van der Waals surface area contributed by atoms with E-state index in [1.54, 1.807) is 16.2 Å². The SMILES string of the molecule is NC(=O)C1CCCCN1C(=O)CSc1nnc(Cc2cccs2)n1C1CCCCC1. The lowest BCUT2D eigenvalue weighted by Crippen LogP contribution is -2.51. The van der Waals surface area contributed by atoms with Crippen molar-refractivity contribution in [3.05, 3.63) is 28.2 Å². The van der Waals surface area contributed by atoms with Gasteiger partial charge in [-0.3, -0.25) is 9.59 Å². The van der Waals surface area contributed by atoms with Crippen LogP contribution in [0.15, 0.2) is 22.7 Å². The van der Waals surface area contributed by atoms with Crippen molar-refractivity contribution in [2.45, 2.75) is 75.0 Å². The number of likely N-dealkylation sites (tertiary alicyclic amines) is 1. The summed E-state index contributed by atoms with van der Waals surface area (Å²) in [5, 5.41) is 11.9. The molecule has 7 nitrogen and oxygen atoms in total. The number of nitrogens with two attached hydrogens (primary N) is 1. The van der Waals surface area contributed by atoms with Gasteiger partial charge in [-0.05, 0) is 43.6 Å². The third-order valence-corrected chi connectivity index (χ3v) is 7.87. The average molecular weight is 448 g/mol. The normalized spacial score (nSPS) is 20.4. The van der Waals surface area contributed by atoms with Crippen LogP contribution in [0.5, 0.6) is 0 Å². The van der Waals surface area contributed by atoms with Gasteiger partial charge in [-0.15, -0.1) is 21.5 Å². The van der Waals surface area contributed by atoms with Crippen LogP contribution in [0.25, 0.3) is 0 Å². The zero-order valence-electron chi connectivity index (χ0n) is 17.2. The zero-order valence-corrected chi connectivity index (χ0v) is 18.8. The molecule has 1 unspecified atom stereocenters. The van der Waals surface area contributed by atoms with E-state index in [9.17, 15) is 9.59 Å². The Bertz CT molecular complexity index is 861. The maximum Gasteiger partial charge on any atom is 0.240 e. The molecule has 9 heteroatoms. The minimum atomic E-state index is -0.475. The Hall–Kier alpha value is -1.87. The van der Waals surface area contributed by atoms with E-state index in [1.165, 1.54) is 35.9 Å². The Labute approximate surface area is 185 Å². The van der Waals surface area contributed by atoms with E-state index in [0.29, 0.717) is 19.0 Å². The van der Waals surface area contributed by atoms with Crippen LogP contribution in [0, 0.1) is 0 Å². The van der Waals surface area contributed by atoms with Crippen molar-refractivity contribution in [1.29, 1.82) is 0 Å². The molecular weight excluding hydrogens is 418 g/mol. The standard InChI is InChI=1S/C21H29N5O2S2/c22-20(28)17-10-4-5-11-25(17)19(27)14-30-21-24-23-18(13-16-9-6-12-29-16)26(21)15-7-2-1-3-8-15/h6,9,12,15,17H,1-5,7-8,10-11,13-14H2,(H2,22,28). The fourth-order valence-corrected chi connectivity index (χ4v) is 6.15. The molecule has 1 aliphatic carbocycles. The number of hydrogen-bond acceptors (Lipinski definition) is 6. The first-order valence-corrected chi connectivity index (χ1v) is 12.7. The molecule has 2 aliphatic rings. The highest BCUT2D eigenvalue weighted by Crippen LogP contribution is 2.33. The Morgan fingerprint density at radius 3 is 2.67 bits per heavy atom. The number of thiophene rings is 1. The summed E-state index contributed by atoms with van der Waals surface area (Å²) in [7, 11) is 0. The number of primary amides is 1. The molecule has 2 aromatic rings. The lowest BCUT2D eigenvalue weighted by molar-refractivity contribution is -0.138. The molecular formula is C21H29N5O2S2. The number of amides is 2. The minimum absolute atomic E-state index is 0.0403. The van der Waals surface area contributed by atoms with Crippen LogP contribution < -0.4 is 5.73 Å². The summed E-state index contributed by atoms with van der Waals surface area (Å²) in [6, 6.07) is 4.11. The van der Waals surface area contributed by atoms with Gasteiger partial charge < -0.3 is 15.2 Å². The summed E-state index contributed by atoms with van der Waals surface area (Å²) in [4.78, 5) is 27.6. The van der Waals surface area contributed by atoms with Gasteiger partial charge in [0, 0.05) is 23.9 Å². The summed E-state index contributed by atoms with van der Waals surface area (Å²) in [5.74, 6) is 0.790. The summed E-state index contributed by atoms with van der Waals surface area (Å²) in [6.07, 6.45) is 9.27. The van der Waals surface area contributed by atoms with Crippen molar-refractivity contribution in [2.75, 3.05) is 12.3 Å². The van der Waals surface area contributed by atoms with E-state index in [1.807, 2.05) is 0 Å². The van der Waals surface area contributed by atoms with Crippen LogP contribution in [0.2, 0.25) is 0 Å². The van der Waals surface area contributed by atoms with Gasteiger partial charge in [0.15, 0.2) is 5.16 Å². The van der Waals surface area contributed by atoms with Gasteiger partial charge in [0.05, 0.1) is 5.75 Å². The largest absolute Gasteiger partial charge is 0.368 e. The van der Waals surface area contributed by atoms with Crippen molar-refractivity contribution < 1.29 is 9.59 Å². The molecule has 162 valence electrons. The Morgan fingerprint density at radius 2 is 1.93 bits per heavy atom. The second-order valence-electron chi connectivity index (χ2n) is 8.11. The quantitative estimate of drug-likeness (QED) is 0.657. The maximum atomic E-state index is 12.9. The van der Waals surface area contributed by atoms with Crippen molar-refractivity contribution in [3.8, 4) is 0 Å². The summed E-state index contributed by atoms with van der Waals surface area (Å²) in [6.45, 7) is 0.603. The number of carbonyl (C=O) groups is 2. The maximum absolute atomic E-state index is 12.9. The van der Waals surface area contributed by atoms with Gasteiger partial charge in [0.2, 0.25) is 11.8 Å². The number of piperidine rings is 1. The number of hydrogen-bond donors (Lipinski definition) is 1. The molecule has 3 heterocycles. The Balaban J connectivity index is 1.49. The molecule has 0 radical (unpaired) electrons. The highest BCUT2D eigenvalue weighted by molar-refractivity contribution is 7.99. The highest BCUT2D eigenvalue weighted by atomic mass is 32.2. The number of thioether (sulfide) groups is 1. The zero-order chi connectivity index (χ0) is 20.9. The fraction of sp³-hybridized carbons (Fsp3) is 0.619. The van der Waals surface area contributed by atoms with Gasteiger partial charge in [-0.25, -0.2) is 0 Å². The smallest absolute Gasteiger partial charge is 0.240 e. The molecule has 0 aromatic carbocycles. The third-order valence-electron chi connectivity index (χ3n) is 6.06. The van der Waals surface area contributed by atoms with Crippen LogP contribution >= 0.6 is 23.1 Å². The van der Waals surface area contributed by atoms with Gasteiger partial charge in [0.25, 0.3) is 0 Å². The van der Waals surface area contributed by atoms with Crippen molar-refractivity contribution in [1.82, 2.24) is 19.7 Å². The van der Waals surface area contributed by atoms with E-state index in [0.717, 1.165) is 43.1 Å². The summed E-state index contributed by atoms with van der Waals surface area (Å²) in [5.41, 5.74) is 5.53. The minimum Gasteiger partial charge on any atom is -0.368 e. The lowest BCUT2D eigenvalue weighted by atomic mass is 9.95. The topological polar surface area (TPSA) is 94.1 Å².